The van der Waals surface area contributed by atoms with Crippen molar-refractivity contribution >= 4 is 5.96 Å². The van der Waals surface area contributed by atoms with E-state index in [0.717, 1.165) is 29.7 Å². The van der Waals surface area contributed by atoms with Gasteiger partial charge in [-0.15, -0.1) is 0 Å². The Bertz CT molecular complexity index is 653. The van der Waals surface area contributed by atoms with Crippen LogP contribution in [0.3, 0.4) is 0 Å². The number of aromatic nitrogens is 2. The van der Waals surface area contributed by atoms with Gasteiger partial charge in [-0.2, -0.15) is 0 Å². The highest BCUT2D eigenvalue weighted by Gasteiger charge is 2.21. The van der Waals surface area contributed by atoms with E-state index in [1.165, 1.54) is 12.8 Å². The number of aliphatic imine (C=N–C) groups is 1. The number of rotatable bonds is 7. The molecule has 1 aliphatic rings. The Kier molecular flexibility index (Phi) is 5.61. The second-order valence-corrected chi connectivity index (χ2v) is 5.86. The van der Waals surface area contributed by atoms with Crippen LogP contribution in [-0.2, 0) is 13.1 Å². The zero-order valence-corrected chi connectivity index (χ0v) is 13.9. The Morgan fingerprint density at radius 1 is 1.17 bits per heavy atom. The lowest BCUT2D eigenvalue weighted by Gasteiger charge is -2.12. The molecule has 1 aliphatic carbocycles. The first-order valence-corrected chi connectivity index (χ1v) is 8.25. The number of ether oxygens (including phenoxy) is 1. The van der Waals surface area contributed by atoms with Crippen LogP contribution in [0, 0.1) is 5.92 Å². The summed E-state index contributed by atoms with van der Waals surface area (Å²) in [6, 6.07) is 9.79. The molecular weight excluding hydrogens is 302 g/mol. The quantitative estimate of drug-likeness (QED) is 0.603. The molecule has 0 aliphatic heterocycles. The van der Waals surface area contributed by atoms with Crippen LogP contribution in [0.2, 0.25) is 0 Å². The maximum Gasteiger partial charge on any atom is 0.213 e. The van der Waals surface area contributed by atoms with Gasteiger partial charge in [0.15, 0.2) is 5.96 Å². The van der Waals surface area contributed by atoms with Gasteiger partial charge in [0.1, 0.15) is 0 Å². The summed E-state index contributed by atoms with van der Waals surface area (Å²) in [5, 5.41) is 6.50. The normalized spacial score (nSPS) is 14.3. The average Bonchev–Trinajstić information content (AvgIpc) is 3.46. The third-order valence-corrected chi connectivity index (χ3v) is 3.81. The third kappa shape index (κ3) is 5.22. The summed E-state index contributed by atoms with van der Waals surface area (Å²) >= 11 is 0. The second kappa shape index (κ2) is 8.29. The topological polar surface area (TPSA) is 71.4 Å². The molecule has 0 bridgehead atoms. The molecule has 0 saturated heterocycles. The predicted octanol–water partition coefficient (Wildman–Crippen LogP) is 2.13. The smallest absolute Gasteiger partial charge is 0.213 e. The Morgan fingerprint density at radius 2 is 2.04 bits per heavy atom. The molecule has 2 N–H and O–H groups in total. The molecule has 6 nitrogen and oxygen atoms in total. The number of pyridine rings is 2. The van der Waals surface area contributed by atoms with Crippen LogP contribution >= 0.6 is 0 Å². The van der Waals surface area contributed by atoms with Gasteiger partial charge >= 0.3 is 0 Å². The van der Waals surface area contributed by atoms with Crippen LogP contribution in [0.5, 0.6) is 5.88 Å². The van der Waals surface area contributed by atoms with Crippen LogP contribution < -0.4 is 15.4 Å². The fourth-order valence-corrected chi connectivity index (χ4v) is 2.17. The van der Waals surface area contributed by atoms with Crippen molar-refractivity contribution in [2.75, 3.05) is 13.7 Å². The van der Waals surface area contributed by atoms with E-state index in [9.17, 15) is 0 Å². The second-order valence-electron chi connectivity index (χ2n) is 5.86. The van der Waals surface area contributed by atoms with E-state index < -0.39 is 0 Å². The van der Waals surface area contributed by atoms with Gasteiger partial charge in [0, 0.05) is 32.1 Å². The molecule has 24 heavy (non-hydrogen) atoms. The standard InChI is InChI=1S/C18H23N5O/c1-19-18(23-12-16-4-2-3-9-20-16)22-11-15-7-8-17(21-10-15)24-13-14-5-6-14/h2-4,7-10,14H,5-6,11-13H2,1H3,(H2,19,22,23). The lowest BCUT2D eigenvalue weighted by molar-refractivity contribution is 0.288. The molecule has 0 spiro atoms. The van der Waals surface area contributed by atoms with Crippen LogP contribution in [0.25, 0.3) is 0 Å². The van der Waals surface area contributed by atoms with Crippen molar-refractivity contribution in [3.63, 3.8) is 0 Å². The molecule has 0 radical (unpaired) electrons. The molecule has 0 amide bonds. The number of hydrogen-bond donors (Lipinski definition) is 2. The molecule has 0 atom stereocenters. The molecule has 2 aromatic rings. The van der Waals surface area contributed by atoms with Crippen LogP contribution in [0.1, 0.15) is 24.1 Å². The molecule has 6 heteroatoms. The maximum atomic E-state index is 5.64. The van der Waals surface area contributed by atoms with Crippen molar-refractivity contribution < 1.29 is 4.74 Å². The first-order chi connectivity index (χ1) is 11.8. The van der Waals surface area contributed by atoms with Crippen molar-refractivity contribution in [3.8, 4) is 5.88 Å². The first-order valence-electron chi connectivity index (χ1n) is 8.25. The van der Waals surface area contributed by atoms with Gasteiger partial charge in [0.05, 0.1) is 18.8 Å². The zero-order valence-electron chi connectivity index (χ0n) is 13.9. The summed E-state index contributed by atoms with van der Waals surface area (Å²) in [4.78, 5) is 12.8. The molecule has 3 rings (SSSR count). The van der Waals surface area contributed by atoms with Crippen molar-refractivity contribution in [3.05, 3.63) is 54.0 Å². The van der Waals surface area contributed by atoms with Gasteiger partial charge in [0.25, 0.3) is 0 Å². The van der Waals surface area contributed by atoms with Gasteiger partial charge in [-0.25, -0.2) is 4.98 Å². The SMILES string of the molecule is CN=C(NCc1ccc(OCC2CC2)nc1)NCc1ccccn1. The first kappa shape index (κ1) is 16.2. The summed E-state index contributed by atoms with van der Waals surface area (Å²) in [5.74, 6) is 2.17. The number of hydrogen-bond acceptors (Lipinski definition) is 4. The Labute approximate surface area is 142 Å². The highest BCUT2D eigenvalue weighted by molar-refractivity contribution is 5.79. The summed E-state index contributed by atoms with van der Waals surface area (Å²) in [7, 11) is 1.75. The van der Waals surface area contributed by atoms with Gasteiger partial charge in [0.2, 0.25) is 5.88 Å². The van der Waals surface area contributed by atoms with Gasteiger partial charge in [-0.3, -0.25) is 9.98 Å². The van der Waals surface area contributed by atoms with E-state index in [4.69, 9.17) is 4.74 Å². The van der Waals surface area contributed by atoms with E-state index in [1.54, 1.807) is 13.2 Å². The summed E-state index contributed by atoms with van der Waals surface area (Å²) in [5.41, 5.74) is 2.05. The van der Waals surface area contributed by atoms with Crippen molar-refractivity contribution in [2.24, 2.45) is 10.9 Å². The molecule has 126 valence electrons. The van der Waals surface area contributed by atoms with Gasteiger partial charge in [-0.1, -0.05) is 12.1 Å². The molecule has 2 aromatic heterocycles. The number of nitrogens with zero attached hydrogens (tertiary/aromatic N) is 3. The van der Waals surface area contributed by atoms with E-state index in [0.29, 0.717) is 19.0 Å². The van der Waals surface area contributed by atoms with E-state index in [-0.39, 0.29) is 0 Å². The molecular formula is C18H23N5O. The number of nitrogens with one attached hydrogen (secondary N) is 2. The maximum absolute atomic E-state index is 5.64. The van der Waals surface area contributed by atoms with Crippen LogP contribution in [0.4, 0.5) is 0 Å². The van der Waals surface area contributed by atoms with E-state index in [1.807, 2.05) is 36.5 Å². The highest BCUT2D eigenvalue weighted by Crippen LogP contribution is 2.29. The monoisotopic (exact) mass is 325 g/mol. The molecule has 1 saturated carbocycles. The molecule has 1 fully saturated rings. The fourth-order valence-electron chi connectivity index (χ4n) is 2.17. The molecule has 0 unspecified atom stereocenters. The van der Waals surface area contributed by atoms with Crippen molar-refractivity contribution in [1.29, 1.82) is 0 Å². The summed E-state index contributed by atoms with van der Waals surface area (Å²) in [6.07, 6.45) is 6.19. The van der Waals surface area contributed by atoms with E-state index in [2.05, 4.69) is 25.6 Å². The Hall–Kier alpha value is -2.63. The van der Waals surface area contributed by atoms with Gasteiger partial charge in [-0.05, 0) is 36.5 Å². The third-order valence-electron chi connectivity index (χ3n) is 3.81. The van der Waals surface area contributed by atoms with Crippen molar-refractivity contribution in [1.82, 2.24) is 20.6 Å². The molecule has 0 aromatic carbocycles. The number of guanidine groups is 1. The Balaban J connectivity index is 1.42. The lowest BCUT2D eigenvalue weighted by atomic mass is 10.3. The van der Waals surface area contributed by atoms with Crippen LogP contribution in [0.15, 0.2) is 47.7 Å². The van der Waals surface area contributed by atoms with Crippen molar-refractivity contribution in [2.45, 2.75) is 25.9 Å². The minimum atomic E-state index is 0.632. The Morgan fingerprint density at radius 3 is 2.71 bits per heavy atom. The largest absolute Gasteiger partial charge is 0.477 e. The summed E-state index contributed by atoms with van der Waals surface area (Å²) in [6.45, 7) is 2.07. The summed E-state index contributed by atoms with van der Waals surface area (Å²) < 4.78 is 5.64. The minimum absolute atomic E-state index is 0.632. The average molecular weight is 325 g/mol. The lowest BCUT2D eigenvalue weighted by Crippen LogP contribution is -2.36. The van der Waals surface area contributed by atoms with Crippen LogP contribution in [-0.4, -0.2) is 29.6 Å². The van der Waals surface area contributed by atoms with Gasteiger partial charge < -0.3 is 15.4 Å². The molecule has 2 heterocycles. The highest BCUT2D eigenvalue weighted by atomic mass is 16.5. The zero-order chi connectivity index (χ0) is 16.6. The predicted molar refractivity (Wildman–Crippen MR) is 93.7 cm³/mol. The van der Waals surface area contributed by atoms with E-state index >= 15 is 0 Å². The minimum Gasteiger partial charge on any atom is -0.477 e. The fraction of sp³-hybridized carbons (Fsp3) is 0.389.